The quantitative estimate of drug-likeness (QED) is 0.640. The molecule has 0 saturated carbocycles. The SMILES string of the molecule is O=S(=O)(c1ccccc1O)N1CC(O)C(O)C1. The van der Waals surface area contributed by atoms with Crippen molar-refractivity contribution in [3.63, 3.8) is 0 Å². The smallest absolute Gasteiger partial charge is 0.246 e. The van der Waals surface area contributed by atoms with Crippen LogP contribution in [0.4, 0.5) is 0 Å². The van der Waals surface area contributed by atoms with E-state index < -0.39 is 22.2 Å². The Morgan fingerprint density at radius 2 is 1.65 bits per heavy atom. The molecule has 3 N–H and O–H groups in total. The first-order chi connectivity index (χ1) is 7.93. The third kappa shape index (κ3) is 2.14. The van der Waals surface area contributed by atoms with E-state index in [-0.39, 0.29) is 23.7 Å². The molecule has 1 saturated heterocycles. The van der Waals surface area contributed by atoms with Crippen LogP contribution in [-0.2, 0) is 10.0 Å². The molecule has 17 heavy (non-hydrogen) atoms. The molecule has 0 amide bonds. The van der Waals surface area contributed by atoms with Gasteiger partial charge in [0.25, 0.3) is 0 Å². The van der Waals surface area contributed by atoms with Gasteiger partial charge in [-0.25, -0.2) is 8.42 Å². The molecule has 1 fully saturated rings. The molecule has 1 aromatic rings. The average molecular weight is 259 g/mol. The van der Waals surface area contributed by atoms with Crippen LogP contribution in [0.2, 0.25) is 0 Å². The number of phenols is 1. The molecule has 94 valence electrons. The number of benzene rings is 1. The predicted molar refractivity (Wildman–Crippen MR) is 58.9 cm³/mol. The number of hydrogen-bond donors (Lipinski definition) is 3. The highest BCUT2D eigenvalue weighted by Crippen LogP contribution is 2.27. The number of aliphatic hydroxyl groups is 2. The van der Waals surface area contributed by atoms with E-state index >= 15 is 0 Å². The van der Waals surface area contributed by atoms with Crippen molar-refractivity contribution >= 4 is 10.0 Å². The third-order valence-corrected chi connectivity index (χ3v) is 4.59. The highest BCUT2D eigenvalue weighted by atomic mass is 32.2. The number of para-hydroxylation sites is 1. The maximum Gasteiger partial charge on any atom is 0.246 e. The molecular weight excluding hydrogens is 246 g/mol. The molecular formula is C10H13NO5S. The molecule has 6 nitrogen and oxygen atoms in total. The van der Waals surface area contributed by atoms with Crippen LogP contribution in [-0.4, -0.2) is 53.3 Å². The lowest BCUT2D eigenvalue weighted by molar-refractivity contribution is 0.0572. The fraction of sp³-hybridized carbons (Fsp3) is 0.400. The number of hydrogen-bond acceptors (Lipinski definition) is 5. The molecule has 0 bridgehead atoms. The van der Waals surface area contributed by atoms with Crippen molar-refractivity contribution in [2.45, 2.75) is 17.1 Å². The van der Waals surface area contributed by atoms with Gasteiger partial charge in [-0.15, -0.1) is 0 Å². The normalized spacial score (nSPS) is 26.2. The van der Waals surface area contributed by atoms with Crippen molar-refractivity contribution in [1.29, 1.82) is 0 Å². The van der Waals surface area contributed by atoms with Crippen LogP contribution in [0.1, 0.15) is 0 Å². The van der Waals surface area contributed by atoms with Crippen molar-refractivity contribution in [2.24, 2.45) is 0 Å². The number of rotatable bonds is 2. The summed E-state index contributed by atoms with van der Waals surface area (Å²) in [6.07, 6.45) is -2.17. The van der Waals surface area contributed by atoms with Gasteiger partial charge in [0.1, 0.15) is 10.6 Å². The Kier molecular flexibility index (Phi) is 3.09. The maximum absolute atomic E-state index is 12.1. The second-order valence-electron chi connectivity index (χ2n) is 3.92. The molecule has 1 aliphatic rings. The van der Waals surface area contributed by atoms with Crippen molar-refractivity contribution in [1.82, 2.24) is 4.31 Å². The van der Waals surface area contributed by atoms with Crippen LogP contribution >= 0.6 is 0 Å². The van der Waals surface area contributed by atoms with Gasteiger partial charge in [-0.2, -0.15) is 4.31 Å². The Labute approximate surface area is 98.8 Å². The van der Waals surface area contributed by atoms with Gasteiger partial charge in [-0.1, -0.05) is 12.1 Å². The highest BCUT2D eigenvalue weighted by molar-refractivity contribution is 7.89. The van der Waals surface area contributed by atoms with Crippen LogP contribution in [0.25, 0.3) is 0 Å². The first-order valence-electron chi connectivity index (χ1n) is 5.07. The summed E-state index contributed by atoms with van der Waals surface area (Å²) in [4.78, 5) is -0.221. The van der Waals surface area contributed by atoms with Crippen LogP contribution in [0.15, 0.2) is 29.2 Å². The summed E-state index contributed by atoms with van der Waals surface area (Å²) < 4.78 is 25.1. The predicted octanol–water partition coefficient (Wildman–Crippen LogP) is -0.882. The zero-order valence-corrected chi connectivity index (χ0v) is 9.71. The monoisotopic (exact) mass is 259 g/mol. The molecule has 0 aliphatic carbocycles. The summed E-state index contributed by atoms with van der Waals surface area (Å²) in [7, 11) is -3.87. The van der Waals surface area contributed by atoms with E-state index in [1.807, 2.05) is 0 Å². The molecule has 1 heterocycles. The second kappa shape index (κ2) is 4.26. The number of sulfonamides is 1. The average Bonchev–Trinajstić information content (AvgIpc) is 2.60. The first-order valence-corrected chi connectivity index (χ1v) is 6.51. The first kappa shape index (κ1) is 12.3. The molecule has 2 atom stereocenters. The van der Waals surface area contributed by atoms with Crippen LogP contribution in [0, 0.1) is 0 Å². The minimum atomic E-state index is -3.87. The number of phenolic OH excluding ortho intramolecular Hbond substituents is 1. The zero-order valence-electron chi connectivity index (χ0n) is 8.89. The van der Waals surface area contributed by atoms with Crippen LogP contribution in [0.3, 0.4) is 0 Å². The number of nitrogens with zero attached hydrogens (tertiary/aromatic N) is 1. The van der Waals surface area contributed by atoms with Gasteiger partial charge >= 0.3 is 0 Å². The second-order valence-corrected chi connectivity index (χ2v) is 5.83. The maximum atomic E-state index is 12.1. The van der Waals surface area contributed by atoms with E-state index in [1.165, 1.54) is 24.3 Å². The van der Waals surface area contributed by atoms with Crippen molar-refractivity contribution in [3.05, 3.63) is 24.3 Å². The van der Waals surface area contributed by atoms with E-state index in [0.717, 1.165) is 4.31 Å². The number of aromatic hydroxyl groups is 1. The summed E-state index contributed by atoms with van der Waals surface area (Å²) in [6.45, 7) is -0.338. The van der Waals surface area contributed by atoms with Crippen molar-refractivity contribution in [2.75, 3.05) is 13.1 Å². The Morgan fingerprint density at radius 1 is 1.12 bits per heavy atom. The summed E-state index contributed by atoms with van der Waals surface area (Å²) >= 11 is 0. The number of aliphatic hydroxyl groups excluding tert-OH is 2. The van der Waals surface area contributed by atoms with E-state index in [0.29, 0.717) is 0 Å². The Hall–Kier alpha value is -1.15. The lowest BCUT2D eigenvalue weighted by Gasteiger charge is -2.16. The van der Waals surface area contributed by atoms with Gasteiger partial charge in [0, 0.05) is 13.1 Å². The lowest BCUT2D eigenvalue weighted by atomic mass is 10.3. The lowest BCUT2D eigenvalue weighted by Crippen LogP contribution is -2.30. The van der Waals surface area contributed by atoms with Crippen molar-refractivity contribution in [3.8, 4) is 5.75 Å². The van der Waals surface area contributed by atoms with E-state index in [1.54, 1.807) is 0 Å². The summed E-state index contributed by atoms with van der Waals surface area (Å²) in [5, 5.41) is 28.2. The summed E-state index contributed by atoms with van der Waals surface area (Å²) in [6, 6.07) is 5.56. The van der Waals surface area contributed by atoms with Crippen molar-refractivity contribution < 1.29 is 23.7 Å². The Bertz CT molecular complexity index is 505. The Morgan fingerprint density at radius 3 is 2.18 bits per heavy atom. The van der Waals surface area contributed by atoms with E-state index in [2.05, 4.69) is 0 Å². The highest BCUT2D eigenvalue weighted by Gasteiger charge is 2.38. The fourth-order valence-electron chi connectivity index (χ4n) is 1.75. The molecule has 1 aromatic carbocycles. The van der Waals surface area contributed by atoms with Crippen LogP contribution < -0.4 is 0 Å². The molecule has 2 unspecified atom stereocenters. The van der Waals surface area contributed by atoms with Gasteiger partial charge in [0.2, 0.25) is 10.0 Å². The Balaban J connectivity index is 2.36. The minimum absolute atomic E-state index is 0.169. The fourth-order valence-corrected chi connectivity index (χ4v) is 3.30. The molecule has 7 heteroatoms. The number of β-amino-alcohol motifs (C(OH)–C–C–N with tert-alkyl or cyclic N) is 2. The van der Waals surface area contributed by atoms with E-state index in [9.17, 15) is 23.7 Å². The zero-order chi connectivity index (χ0) is 12.6. The third-order valence-electron chi connectivity index (χ3n) is 2.71. The molecule has 0 aromatic heterocycles. The minimum Gasteiger partial charge on any atom is -0.507 e. The topological polar surface area (TPSA) is 98.1 Å². The summed E-state index contributed by atoms with van der Waals surface area (Å²) in [5.41, 5.74) is 0. The standard InChI is InChI=1S/C10H13NO5S/c12-7-3-1-2-4-10(7)17(15,16)11-5-8(13)9(14)6-11/h1-4,8-9,12-14H,5-6H2. The van der Waals surface area contributed by atoms with Gasteiger partial charge in [0.05, 0.1) is 12.2 Å². The molecule has 2 rings (SSSR count). The van der Waals surface area contributed by atoms with Gasteiger partial charge in [-0.05, 0) is 12.1 Å². The van der Waals surface area contributed by atoms with Crippen LogP contribution in [0.5, 0.6) is 5.75 Å². The van der Waals surface area contributed by atoms with E-state index in [4.69, 9.17) is 0 Å². The molecule has 0 radical (unpaired) electrons. The molecule has 0 spiro atoms. The largest absolute Gasteiger partial charge is 0.507 e. The van der Waals surface area contributed by atoms with Gasteiger partial charge < -0.3 is 15.3 Å². The van der Waals surface area contributed by atoms with Gasteiger partial charge in [0.15, 0.2) is 0 Å². The summed E-state index contributed by atoms with van der Waals surface area (Å²) in [5.74, 6) is -0.344. The molecule has 1 aliphatic heterocycles. The van der Waals surface area contributed by atoms with Gasteiger partial charge in [-0.3, -0.25) is 0 Å².